The summed E-state index contributed by atoms with van der Waals surface area (Å²) in [6.45, 7) is 7.04. The quantitative estimate of drug-likeness (QED) is 0.513. The molecule has 0 unspecified atom stereocenters. The molecule has 2 aliphatic heterocycles. The highest BCUT2D eigenvalue weighted by Gasteiger charge is 2.32. The summed E-state index contributed by atoms with van der Waals surface area (Å²) in [7, 11) is 0. The fraction of sp³-hybridized carbons (Fsp3) is 0.941. The van der Waals surface area contributed by atoms with Gasteiger partial charge >= 0.3 is 0 Å². The van der Waals surface area contributed by atoms with Gasteiger partial charge < -0.3 is 25.4 Å². The fourth-order valence-electron chi connectivity index (χ4n) is 3.50. The van der Waals surface area contributed by atoms with Crippen LogP contribution < -0.4 is 10.6 Å². The summed E-state index contributed by atoms with van der Waals surface area (Å²) >= 11 is 0. The van der Waals surface area contributed by atoms with E-state index in [9.17, 15) is 5.11 Å². The van der Waals surface area contributed by atoms with Crippen LogP contribution >= 0.6 is 0 Å². The highest BCUT2D eigenvalue weighted by Crippen LogP contribution is 2.29. The third-order valence-corrected chi connectivity index (χ3v) is 5.23. The molecule has 1 saturated carbocycles. The standard InChI is InChI=1S/C17H32N4O2/c1-2-18-16(19-13-17(22)7-11-23-12-8-17)20-14-5-9-21(10-6-14)15-3-4-15/h14-15,22H,2-13H2,1H3,(H2,18,19,20). The third kappa shape index (κ3) is 5.06. The first-order valence-electron chi connectivity index (χ1n) is 9.27. The van der Waals surface area contributed by atoms with Gasteiger partial charge in [0, 0.05) is 57.8 Å². The molecule has 1 aliphatic carbocycles. The van der Waals surface area contributed by atoms with E-state index in [1.54, 1.807) is 0 Å². The molecule has 23 heavy (non-hydrogen) atoms. The third-order valence-electron chi connectivity index (χ3n) is 5.23. The first-order valence-corrected chi connectivity index (χ1v) is 9.27. The molecule has 0 atom stereocenters. The van der Waals surface area contributed by atoms with E-state index in [0.717, 1.165) is 18.5 Å². The van der Waals surface area contributed by atoms with E-state index in [-0.39, 0.29) is 0 Å². The van der Waals surface area contributed by atoms with Gasteiger partial charge in [0.05, 0.1) is 12.1 Å². The lowest BCUT2D eigenvalue weighted by molar-refractivity contribution is -0.0566. The van der Waals surface area contributed by atoms with Crippen LogP contribution in [0.15, 0.2) is 4.99 Å². The van der Waals surface area contributed by atoms with Gasteiger partial charge in [-0.3, -0.25) is 4.99 Å². The average Bonchev–Trinajstić information content (AvgIpc) is 3.39. The summed E-state index contributed by atoms with van der Waals surface area (Å²) < 4.78 is 5.33. The summed E-state index contributed by atoms with van der Waals surface area (Å²) in [5, 5.41) is 17.4. The number of aliphatic hydroxyl groups is 1. The zero-order chi connectivity index (χ0) is 16.1. The van der Waals surface area contributed by atoms with Crippen molar-refractivity contribution >= 4 is 5.96 Å². The molecule has 3 aliphatic rings. The minimum Gasteiger partial charge on any atom is -0.388 e. The Kier molecular flexibility index (Phi) is 5.77. The van der Waals surface area contributed by atoms with Crippen molar-refractivity contribution < 1.29 is 9.84 Å². The number of ether oxygens (including phenoxy) is 1. The molecule has 6 heteroatoms. The molecule has 0 radical (unpaired) electrons. The van der Waals surface area contributed by atoms with Crippen molar-refractivity contribution in [3.05, 3.63) is 0 Å². The largest absolute Gasteiger partial charge is 0.388 e. The Morgan fingerprint density at radius 3 is 2.52 bits per heavy atom. The maximum absolute atomic E-state index is 10.5. The van der Waals surface area contributed by atoms with Crippen LogP contribution in [0, 0.1) is 0 Å². The molecule has 0 spiro atoms. The van der Waals surface area contributed by atoms with Crippen LogP contribution in [-0.4, -0.2) is 73.0 Å². The molecule has 3 fully saturated rings. The molecular formula is C17H32N4O2. The van der Waals surface area contributed by atoms with Crippen LogP contribution in [0.25, 0.3) is 0 Å². The molecular weight excluding hydrogens is 292 g/mol. The second-order valence-electron chi connectivity index (χ2n) is 7.22. The Balaban J connectivity index is 1.48. The molecule has 2 saturated heterocycles. The summed E-state index contributed by atoms with van der Waals surface area (Å²) in [6.07, 6.45) is 6.50. The van der Waals surface area contributed by atoms with Gasteiger partial charge in [-0.2, -0.15) is 0 Å². The number of hydrogen-bond donors (Lipinski definition) is 3. The van der Waals surface area contributed by atoms with E-state index in [2.05, 4.69) is 27.4 Å². The van der Waals surface area contributed by atoms with Crippen LogP contribution in [0.3, 0.4) is 0 Å². The summed E-state index contributed by atoms with van der Waals surface area (Å²) in [4.78, 5) is 7.28. The molecule has 0 aromatic rings. The second-order valence-corrected chi connectivity index (χ2v) is 7.22. The molecule has 3 N–H and O–H groups in total. The molecule has 0 amide bonds. The summed E-state index contributed by atoms with van der Waals surface area (Å²) in [5.41, 5.74) is -0.698. The fourth-order valence-corrected chi connectivity index (χ4v) is 3.50. The smallest absolute Gasteiger partial charge is 0.191 e. The van der Waals surface area contributed by atoms with Gasteiger partial charge in [0.25, 0.3) is 0 Å². The molecule has 132 valence electrons. The Bertz CT molecular complexity index is 397. The number of rotatable bonds is 5. The van der Waals surface area contributed by atoms with E-state index in [1.807, 2.05) is 0 Å². The lowest BCUT2D eigenvalue weighted by atomic mass is 9.95. The average molecular weight is 324 g/mol. The van der Waals surface area contributed by atoms with Crippen LogP contribution in [0.2, 0.25) is 0 Å². The highest BCUT2D eigenvalue weighted by molar-refractivity contribution is 5.80. The zero-order valence-electron chi connectivity index (χ0n) is 14.4. The van der Waals surface area contributed by atoms with Crippen molar-refractivity contribution in [2.45, 2.75) is 63.1 Å². The predicted molar refractivity (Wildman–Crippen MR) is 91.7 cm³/mol. The van der Waals surface area contributed by atoms with E-state index in [0.29, 0.717) is 38.6 Å². The lowest BCUT2D eigenvalue weighted by Crippen LogP contribution is -2.49. The van der Waals surface area contributed by atoms with Crippen molar-refractivity contribution in [1.82, 2.24) is 15.5 Å². The maximum Gasteiger partial charge on any atom is 0.191 e. The van der Waals surface area contributed by atoms with Crippen LogP contribution in [0.4, 0.5) is 0 Å². The second kappa shape index (κ2) is 7.81. The minimum atomic E-state index is -0.698. The molecule has 0 aromatic carbocycles. The van der Waals surface area contributed by atoms with Gasteiger partial charge in [-0.05, 0) is 32.6 Å². The number of aliphatic imine (C=N–C) groups is 1. The molecule has 3 rings (SSSR count). The van der Waals surface area contributed by atoms with Gasteiger partial charge in [0.15, 0.2) is 5.96 Å². The topological polar surface area (TPSA) is 69.1 Å². The minimum absolute atomic E-state index is 0.451. The van der Waals surface area contributed by atoms with Gasteiger partial charge in [-0.15, -0.1) is 0 Å². The predicted octanol–water partition coefficient (Wildman–Crippen LogP) is 0.710. The Hall–Kier alpha value is -0.850. The van der Waals surface area contributed by atoms with Crippen molar-refractivity contribution in [3.63, 3.8) is 0 Å². The molecule has 0 bridgehead atoms. The van der Waals surface area contributed by atoms with Crippen molar-refractivity contribution in [2.75, 3.05) is 39.4 Å². The SMILES string of the molecule is CCNC(=NCC1(O)CCOCC1)NC1CCN(C2CC2)CC1. The van der Waals surface area contributed by atoms with E-state index < -0.39 is 5.60 Å². The number of nitrogens with zero attached hydrogens (tertiary/aromatic N) is 2. The van der Waals surface area contributed by atoms with Crippen molar-refractivity contribution in [3.8, 4) is 0 Å². The van der Waals surface area contributed by atoms with Gasteiger partial charge in [0.2, 0.25) is 0 Å². The number of piperidine rings is 1. The lowest BCUT2D eigenvalue weighted by Gasteiger charge is -2.34. The van der Waals surface area contributed by atoms with E-state index >= 15 is 0 Å². The number of guanidine groups is 1. The zero-order valence-corrected chi connectivity index (χ0v) is 14.4. The first kappa shape index (κ1) is 17.0. The van der Waals surface area contributed by atoms with Crippen LogP contribution in [0.5, 0.6) is 0 Å². The number of nitrogens with one attached hydrogen (secondary N) is 2. The molecule has 2 heterocycles. The number of hydrogen-bond acceptors (Lipinski definition) is 4. The Morgan fingerprint density at radius 1 is 1.22 bits per heavy atom. The van der Waals surface area contributed by atoms with Gasteiger partial charge in [0.1, 0.15) is 0 Å². The van der Waals surface area contributed by atoms with Gasteiger partial charge in [-0.1, -0.05) is 0 Å². The first-order chi connectivity index (χ1) is 11.2. The normalized spacial score (nSPS) is 27.0. The van der Waals surface area contributed by atoms with E-state index in [4.69, 9.17) is 4.74 Å². The molecule has 0 aromatic heterocycles. The highest BCUT2D eigenvalue weighted by atomic mass is 16.5. The van der Waals surface area contributed by atoms with Crippen molar-refractivity contribution in [2.24, 2.45) is 4.99 Å². The Morgan fingerprint density at radius 2 is 1.91 bits per heavy atom. The summed E-state index contributed by atoms with van der Waals surface area (Å²) in [5.74, 6) is 0.845. The number of likely N-dealkylation sites (tertiary alicyclic amines) is 1. The van der Waals surface area contributed by atoms with Crippen LogP contribution in [0.1, 0.15) is 45.4 Å². The van der Waals surface area contributed by atoms with Crippen LogP contribution in [-0.2, 0) is 4.74 Å². The Labute approximate surface area is 139 Å². The van der Waals surface area contributed by atoms with Crippen molar-refractivity contribution in [1.29, 1.82) is 0 Å². The van der Waals surface area contributed by atoms with E-state index in [1.165, 1.54) is 38.8 Å². The monoisotopic (exact) mass is 324 g/mol. The maximum atomic E-state index is 10.5. The van der Waals surface area contributed by atoms with Gasteiger partial charge in [-0.25, -0.2) is 0 Å². The summed E-state index contributed by atoms with van der Waals surface area (Å²) in [6, 6.07) is 1.37. The molecule has 6 nitrogen and oxygen atoms in total.